The van der Waals surface area contributed by atoms with Crippen LogP contribution in [-0.2, 0) is 4.74 Å². The van der Waals surface area contributed by atoms with Crippen LogP contribution >= 0.6 is 11.8 Å². The van der Waals surface area contributed by atoms with Crippen molar-refractivity contribution in [1.29, 1.82) is 0 Å². The number of hydrogen-bond acceptors (Lipinski definition) is 4. The van der Waals surface area contributed by atoms with Crippen molar-refractivity contribution in [2.45, 2.75) is 49.8 Å². The lowest BCUT2D eigenvalue weighted by Crippen LogP contribution is -2.42. The molecule has 0 saturated carbocycles. The Bertz CT molecular complexity index is 441. The van der Waals surface area contributed by atoms with E-state index in [1.807, 2.05) is 11.8 Å². The predicted molar refractivity (Wildman–Crippen MR) is 93.4 cm³/mol. The van der Waals surface area contributed by atoms with Crippen LogP contribution in [0, 0.1) is 5.41 Å². The zero-order valence-electron chi connectivity index (χ0n) is 14.0. The Morgan fingerprint density at radius 3 is 2.36 bits per heavy atom. The van der Waals surface area contributed by atoms with Gasteiger partial charge < -0.3 is 15.2 Å². The Morgan fingerprint density at radius 2 is 1.82 bits per heavy atom. The zero-order chi connectivity index (χ0) is 16.0. The van der Waals surface area contributed by atoms with E-state index in [-0.39, 0.29) is 12.0 Å². The molecule has 0 aromatic heterocycles. The summed E-state index contributed by atoms with van der Waals surface area (Å²) < 4.78 is 5.42. The number of benzene rings is 1. The van der Waals surface area contributed by atoms with Crippen molar-refractivity contribution in [3.8, 4) is 0 Å². The van der Waals surface area contributed by atoms with Gasteiger partial charge in [-0.25, -0.2) is 0 Å². The summed E-state index contributed by atoms with van der Waals surface area (Å²) in [5.41, 5.74) is 1.29. The fourth-order valence-corrected chi connectivity index (χ4v) is 3.63. The fourth-order valence-electron chi connectivity index (χ4n) is 2.79. The Hall–Kier alpha value is -0.550. The van der Waals surface area contributed by atoms with Crippen LogP contribution in [0.2, 0.25) is 0 Å². The van der Waals surface area contributed by atoms with Crippen molar-refractivity contribution in [2.24, 2.45) is 5.41 Å². The van der Waals surface area contributed by atoms with Crippen LogP contribution in [0.4, 0.5) is 0 Å². The molecule has 1 saturated heterocycles. The highest BCUT2D eigenvalue weighted by Crippen LogP contribution is 2.30. The highest BCUT2D eigenvalue weighted by Gasteiger charge is 2.32. The van der Waals surface area contributed by atoms with Gasteiger partial charge in [-0.05, 0) is 37.5 Å². The van der Waals surface area contributed by atoms with Crippen molar-refractivity contribution >= 4 is 11.8 Å². The van der Waals surface area contributed by atoms with Gasteiger partial charge >= 0.3 is 0 Å². The van der Waals surface area contributed by atoms with E-state index >= 15 is 0 Å². The molecule has 0 spiro atoms. The average molecular weight is 324 g/mol. The Morgan fingerprint density at radius 1 is 1.18 bits per heavy atom. The first-order chi connectivity index (χ1) is 10.5. The summed E-state index contributed by atoms with van der Waals surface area (Å²) in [5, 5.41) is 14.0. The Kier molecular flexibility index (Phi) is 6.75. The first-order valence-electron chi connectivity index (χ1n) is 8.23. The fraction of sp³-hybridized carbons (Fsp3) is 0.667. The molecule has 0 amide bonds. The molecule has 1 unspecified atom stereocenters. The highest BCUT2D eigenvalue weighted by molar-refractivity contribution is 7.99. The van der Waals surface area contributed by atoms with E-state index in [1.165, 1.54) is 10.5 Å². The number of nitrogens with one attached hydrogen (secondary N) is 1. The van der Waals surface area contributed by atoms with E-state index in [0.717, 1.165) is 32.6 Å². The number of rotatable bonds is 7. The molecule has 124 valence electrons. The number of ether oxygens (including phenoxy) is 1. The normalized spacial score (nSPS) is 19.3. The predicted octanol–water partition coefficient (Wildman–Crippen LogP) is 3.63. The molecule has 1 heterocycles. The van der Waals surface area contributed by atoms with Crippen LogP contribution in [0.25, 0.3) is 0 Å². The van der Waals surface area contributed by atoms with Crippen molar-refractivity contribution < 1.29 is 9.84 Å². The van der Waals surface area contributed by atoms with Crippen LogP contribution in [0.1, 0.15) is 45.2 Å². The van der Waals surface area contributed by atoms with E-state index in [1.54, 1.807) is 0 Å². The maximum Gasteiger partial charge on any atom is 0.0501 e. The van der Waals surface area contributed by atoms with Crippen molar-refractivity contribution in [1.82, 2.24) is 5.32 Å². The topological polar surface area (TPSA) is 41.5 Å². The van der Waals surface area contributed by atoms with Gasteiger partial charge in [0, 0.05) is 41.4 Å². The summed E-state index contributed by atoms with van der Waals surface area (Å²) in [6.07, 6.45) is 1.88. The van der Waals surface area contributed by atoms with E-state index in [9.17, 15) is 5.11 Å². The van der Waals surface area contributed by atoms with E-state index in [0.29, 0.717) is 11.3 Å². The van der Waals surface area contributed by atoms with Crippen molar-refractivity contribution in [3.05, 3.63) is 29.8 Å². The third-order valence-corrected chi connectivity index (χ3v) is 5.44. The largest absolute Gasteiger partial charge is 0.396 e. The summed E-state index contributed by atoms with van der Waals surface area (Å²) >= 11 is 1.89. The molecule has 4 heteroatoms. The lowest BCUT2D eigenvalue weighted by molar-refractivity contribution is -0.0163. The highest BCUT2D eigenvalue weighted by atomic mass is 32.2. The summed E-state index contributed by atoms with van der Waals surface area (Å²) in [6.45, 7) is 9.22. The summed E-state index contributed by atoms with van der Waals surface area (Å²) in [5.74, 6) is 0. The van der Waals surface area contributed by atoms with Crippen LogP contribution in [-0.4, -0.2) is 36.7 Å². The molecule has 1 aliphatic rings. The number of aliphatic hydroxyl groups excluding tert-OH is 1. The SMILES string of the molecule is CC(C)Sc1ccc(C(C)NCC2(CO)CCOCC2)cc1. The molecule has 22 heavy (non-hydrogen) atoms. The molecule has 1 aromatic rings. The molecular formula is C18H29NO2S. The molecule has 1 fully saturated rings. The molecule has 3 nitrogen and oxygen atoms in total. The number of hydrogen-bond donors (Lipinski definition) is 2. The average Bonchev–Trinajstić information content (AvgIpc) is 2.54. The molecule has 0 radical (unpaired) electrons. The minimum atomic E-state index is -0.0139. The second kappa shape index (κ2) is 8.34. The van der Waals surface area contributed by atoms with Gasteiger partial charge in [-0.3, -0.25) is 0 Å². The van der Waals surface area contributed by atoms with Crippen LogP contribution in [0.5, 0.6) is 0 Å². The van der Waals surface area contributed by atoms with Gasteiger partial charge in [0.2, 0.25) is 0 Å². The summed E-state index contributed by atoms with van der Waals surface area (Å²) in [7, 11) is 0. The molecule has 2 N–H and O–H groups in total. The monoisotopic (exact) mass is 323 g/mol. The zero-order valence-corrected chi connectivity index (χ0v) is 14.8. The van der Waals surface area contributed by atoms with Crippen molar-refractivity contribution in [3.63, 3.8) is 0 Å². The number of thioether (sulfide) groups is 1. The van der Waals surface area contributed by atoms with Crippen LogP contribution in [0.15, 0.2) is 29.2 Å². The van der Waals surface area contributed by atoms with Gasteiger partial charge in [0.25, 0.3) is 0 Å². The smallest absolute Gasteiger partial charge is 0.0501 e. The maximum absolute atomic E-state index is 9.75. The van der Waals surface area contributed by atoms with Gasteiger partial charge in [0.15, 0.2) is 0 Å². The van der Waals surface area contributed by atoms with Gasteiger partial charge in [-0.1, -0.05) is 26.0 Å². The second-order valence-corrected chi connectivity index (χ2v) is 8.26. The van der Waals surface area contributed by atoms with Gasteiger partial charge in [-0.15, -0.1) is 11.8 Å². The molecular weight excluding hydrogens is 294 g/mol. The van der Waals surface area contributed by atoms with E-state index in [2.05, 4.69) is 50.4 Å². The third-order valence-electron chi connectivity index (χ3n) is 4.42. The minimum Gasteiger partial charge on any atom is -0.396 e. The Labute approximate surface area is 138 Å². The molecule has 1 atom stereocenters. The van der Waals surface area contributed by atoms with Gasteiger partial charge in [-0.2, -0.15) is 0 Å². The van der Waals surface area contributed by atoms with Crippen LogP contribution in [0.3, 0.4) is 0 Å². The molecule has 0 aliphatic carbocycles. The minimum absolute atomic E-state index is 0.0139. The third kappa shape index (κ3) is 4.98. The first kappa shape index (κ1) is 17.8. The summed E-state index contributed by atoms with van der Waals surface area (Å²) in [6, 6.07) is 9.11. The molecule has 1 aliphatic heterocycles. The first-order valence-corrected chi connectivity index (χ1v) is 9.11. The maximum atomic E-state index is 9.75. The van der Waals surface area contributed by atoms with E-state index in [4.69, 9.17) is 4.74 Å². The lowest BCUT2D eigenvalue weighted by atomic mass is 9.80. The van der Waals surface area contributed by atoms with Gasteiger partial charge in [0.1, 0.15) is 0 Å². The van der Waals surface area contributed by atoms with Crippen molar-refractivity contribution in [2.75, 3.05) is 26.4 Å². The Balaban J connectivity index is 1.89. The molecule has 1 aromatic carbocycles. The van der Waals surface area contributed by atoms with Crippen LogP contribution < -0.4 is 5.32 Å². The molecule has 2 rings (SSSR count). The number of aliphatic hydroxyl groups is 1. The summed E-state index contributed by atoms with van der Waals surface area (Å²) in [4.78, 5) is 1.32. The standard InChI is InChI=1S/C18H29NO2S/c1-14(2)22-17-6-4-16(5-7-17)15(3)19-12-18(13-20)8-10-21-11-9-18/h4-7,14-15,19-20H,8-13H2,1-3H3. The van der Waals surface area contributed by atoms with Gasteiger partial charge in [0.05, 0.1) is 6.61 Å². The molecule has 0 bridgehead atoms. The lowest BCUT2D eigenvalue weighted by Gasteiger charge is -2.36. The second-order valence-electron chi connectivity index (χ2n) is 6.61. The quantitative estimate of drug-likeness (QED) is 0.752. The van der Waals surface area contributed by atoms with E-state index < -0.39 is 0 Å².